The first-order valence-electron chi connectivity index (χ1n) is 12.2. The van der Waals surface area contributed by atoms with E-state index in [1.54, 1.807) is 12.1 Å². The Morgan fingerprint density at radius 2 is 1.74 bits per heavy atom. The van der Waals surface area contributed by atoms with Crippen molar-refractivity contribution in [3.8, 4) is 17.0 Å². The molecule has 2 heterocycles. The molecule has 2 aromatic carbocycles. The van der Waals surface area contributed by atoms with Gasteiger partial charge in [-0.1, -0.05) is 42.8 Å². The zero-order valence-corrected chi connectivity index (χ0v) is 20.9. The second-order valence-corrected chi connectivity index (χ2v) is 9.08. The third-order valence-corrected chi connectivity index (χ3v) is 6.30. The van der Waals surface area contributed by atoms with Gasteiger partial charge in [-0.25, -0.2) is 4.79 Å². The Bertz CT molecular complexity index is 1100. The van der Waals surface area contributed by atoms with Crippen molar-refractivity contribution in [1.29, 1.82) is 0 Å². The fourth-order valence-electron chi connectivity index (χ4n) is 4.13. The van der Waals surface area contributed by atoms with Crippen LogP contribution in [0.5, 0.6) is 5.75 Å². The lowest BCUT2D eigenvalue weighted by molar-refractivity contribution is 0.0504. The van der Waals surface area contributed by atoms with Crippen molar-refractivity contribution in [3.63, 3.8) is 0 Å². The van der Waals surface area contributed by atoms with Gasteiger partial charge in [0.1, 0.15) is 12.4 Å². The van der Waals surface area contributed by atoms with Crippen molar-refractivity contribution < 1.29 is 14.3 Å². The second-order valence-electron chi connectivity index (χ2n) is 8.65. The van der Waals surface area contributed by atoms with Crippen LogP contribution in [-0.4, -0.2) is 66.7 Å². The van der Waals surface area contributed by atoms with E-state index in [9.17, 15) is 4.79 Å². The van der Waals surface area contributed by atoms with Crippen LogP contribution >= 0.6 is 11.6 Å². The number of halogens is 1. The molecular weight excluding hydrogens is 462 g/mol. The highest BCUT2D eigenvalue weighted by Gasteiger charge is 2.18. The molecule has 1 aliphatic rings. The van der Waals surface area contributed by atoms with Crippen LogP contribution < -0.4 is 4.74 Å². The van der Waals surface area contributed by atoms with E-state index in [-0.39, 0.29) is 5.97 Å². The van der Waals surface area contributed by atoms with Crippen LogP contribution in [0.25, 0.3) is 11.3 Å². The molecule has 0 unspecified atom stereocenters. The number of nitrogens with zero attached hydrogens (tertiary/aromatic N) is 3. The molecule has 1 aromatic heterocycles. The fraction of sp³-hybridized carbons (Fsp3) is 0.357. The maximum absolute atomic E-state index is 12.1. The van der Waals surface area contributed by atoms with E-state index >= 15 is 0 Å². The van der Waals surface area contributed by atoms with E-state index in [4.69, 9.17) is 21.1 Å². The molecule has 7 heteroatoms. The molecule has 0 spiro atoms. The van der Waals surface area contributed by atoms with Gasteiger partial charge in [-0.05, 0) is 48.4 Å². The van der Waals surface area contributed by atoms with Gasteiger partial charge in [0.2, 0.25) is 0 Å². The minimum atomic E-state index is -0.304. The van der Waals surface area contributed by atoms with Gasteiger partial charge in [0.15, 0.2) is 0 Å². The summed E-state index contributed by atoms with van der Waals surface area (Å²) in [6, 6.07) is 19.2. The normalized spacial score (nSPS) is 14.6. The van der Waals surface area contributed by atoms with Crippen LogP contribution in [0.1, 0.15) is 29.3 Å². The molecule has 0 atom stereocenters. The Morgan fingerprint density at radius 3 is 2.51 bits per heavy atom. The van der Waals surface area contributed by atoms with Gasteiger partial charge in [0, 0.05) is 56.1 Å². The van der Waals surface area contributed by atoms with Crippen LogP contribution in [0.3, 0.4) is 0 Å². The van der Waals surface area contributed by atoms with Gasteiger partial charge in [-0.15, -0.1) is 0 Å². The minimum Gasteiger partial charge on any atom is -0.492 e. The zero-order valence-electron chi connectivity index (χ0n) is 20.2. The summed E-state index contributed by atoms with van der Waals surface area (Å²) >= 11 is 6.05. The van der Waals surface area contributed by atoms with E-state index < -0.39 is 0 Å². The average molecular weight is 494 g/mol. The molecule has 0 bridgehead atoms. The molecule has 0 N–H and O–H groups in total. The number of piperazine rings is 1. The first-order chi connectivity index (χ1) is 17.1. The monoisotopic (exact) mass is 493 g/mol. The van der Waals surface area contributed by atoms with Crippen molar-refractivity contribution in [2.45, 2.75) is 19.9 Å². The van der Waals surface area contributed by atoms with Gasteiger partial charge >= 0.3 is 5.97 Å². The summed E-state index contributed by atoms with van der Waals surface area (Å²) in [5, 5.41) is 0.730. The van der Waals surface area contributed by atoms with Gasteiger partial charge < -0.3 is 9.47 Å². The quantitative estimate of drug-likeness (QED) is 0.363. The molecule has 35 heavy (non-hydrogen) atoms. The maximum Gasteiger partial charge on any atom is 0.338 e. The van der Waals surface area contributed by atoms with Crippen molar-refractivity contribution in [2.24, 2.45) is 0 Å². The molecule has 0 amide bonds. The Hall–Kier alpha value is -2.93. The maximum atomic E-state index is 12.1. The Kier molecular flexibility index (Phi) is 9.12. The van der Waals surface area contributed by atoms with E-state index in [0.29, 0.717) is 24.5 Å². The summed E-state index contributed by atoms with van der Waals surface area (Å²) < 4.78 is 11.1. The molecular formula is C28H32ClN3O3. The topological polar surface area (TPSA) is 54.9 Å². The molecule has 1 saturated heterocycles. The predicted molar refractivity (Wildman–Crippen MR) is 139 cm³/mol. The van der Waals surface area contributed by atoms with Crippen LogP contribution in [0.4, 0.5) is 0 Å². The smallest absolute Gasteiger partial charge is 0.338 e. The second kappa shape index (κ2) is 12.7. The van der Waals surface area contributed by atoms with Crippen molar-refractivity contribution in [3.05, 3.63) is 83.0 Å². The summed E-state index contributed by atoms with van der Waals surface area (Å²) in [6.07, 6.45) is 2.65. The van der Waals surface area contributed by atoms with E-state index in [1.807, 2.05) is 55.6 Å². The van der Waals surface area contributed by atoms with Crippen LogP contribution in [0.2, 0.25) is 5.02 Å². The molecule has 1 aliphatic heterocycles. The highest BCUT2D eigenvalue weighted by atomic mass is 35.5. The van der Waals surface area contributed by atoms with Crippen molar-refractivity contribution >= 4 is 17.6 Å². The largest absolute Gasteiger partial charge is 0.492 e. The van der Waals surface area contributed by atoms with Crippen LogP contribution in [0.15, 0.2) is 66.9 Å². The van der Waals surface area contributed by atoms with Gasteiger partial charge in [0.05, 0.1) is 17.9 Å². The summed E-state index contributed by atoms with van der Waals surface area (Å²) in [5.74, 6) is 0.391. The van der Waals surface area contributed by atoms with Crippen LogP contribution in [0, 0.1) is 0 Å². The van der Waals surface area contributed by atoms with Gasteiger partial charge in [0.25, 0.3) is 0 Å². The molecule has 184 valence electrons. The first kappa shape index (κ1) is 25.2. The molecule has 3 aromatic rings. The zero-order chi connectivity index (χ0) is 24.5. The highest BCUT2D eigenvalue weighted by Crippen LogP contribution is 2.24. The highest BCUT2D eigenvalue weighted by molar-refractivity contribution is 6.30. The summed E-state index contributed by atoms with van der Waals surface area (Å²) in [6.45, 7) is 8.67. The number of hydrogen-bond acceptors (Lipinski definition) is 6. The Morgan fingerprint density at radius 1 is 0.971 bits per heavy atom. The first-order valence-corrected chi connectivity index (χ1v) is 12.5. The number of rotatable bonds is 10. The number of aromatic nitrogens is 1. The van der Waals surface area contributed by atoms with E-state index in [0.717, 1.165) is 62.0 Å². The number of hydrogen-bond donors (Lipinski definition) is 0. The van der Waals surface area contributed by atoms with Gasteiger partial charge in [-0.2, -0.15) is 0 Å². The minimum absolute atomic E-state index is 0.304. The SMILES string of the molecule is CCCOC(=O)c1cccc(OCCN2CCN(Cc3cccnc3-c3ccc(Cl)cc3)CC2)c1. The molecule has 6 nitrogen and oxygen atoms in total. The third-order valence-electron chi connectivity index (χ3n) is 6.05. The van der Waals surface area contributed by atoms with Crippen LogP contribution in [-0.2, 0) is 11.3 Å². The number of carbonyl (C=O) groups is 1. The average Bonchev–Trinajstić information content (AvgIpc) is 2.89. The standard InChI is InChI=1S/C28H32ClN3O3/c1-2-18-35-28(33)23-5-3-7-26(20-23)34-19-17-31-13-15-32(16-14-31)21-24-6-4-12-30-27(24)22-8-10-25(29)11-9-22/h3-12,20H,2,13-19,21H2,1H3. The molecule has 0 aliphatic carbocycles. The summed E-state index contributed by atoms with van der Waals surface area (Å²) in [5.41, 5.74) is 3.85. The number of ether oxygens (including phenoxy) is 2. The molecule has 4 rings (SSSR count). The van der Waals surface area contributed by atoms with Crippen molar-refractivity contribution in [1.82, 2.24) is 14.8 Å². The lowest BCUT2D eigenvalue weighted by atomic mass is 10.1. The summed E-state index contributed by atoms with van der Waals surface area (Å²) in [4.78, 5) is 21.6. The number of benzene rings is 2. The number of carbonyl (C=O) groups excluding carboxylic acids is 1. The summed E-state index contributed by atoms with van der Waals surface area (Å²) in [7, 11) is 0. The third kappa shape index (κ3) is 7.28. The number of esters is 1. The predicted octanol–water partition coefficient (Wildman–Crippen LogP) is 5.17. The fourth-order valence-corrected chi connectivity index (χ4v) is 4.26. The molecule has 0 radical (unpaired) electrons. The lowest BCUT2D eigenvalue weighted by Crippen LogP contribution is -2.47. The number of pyridine rings is 1. The van der Waals surface area contributed by atoms with E-state index in [2.05, 4.69) is 20.9 Å². The Labute approximate surface area is 212 Å². The lowest BCUT2D eigenvalue weighted by Gasteiger charge is -2.34. The van der Waals surface area contributed by atoms with Gasteiger partial charge in [-0.3, -0.25) is 14.8 Å². The molecule has 1 fully saturated rings. The molecule has 0 saturated carbocycles. The van der Waals surface area contributed by atoms with E-state index in [1.165, 1.54) is 5.56 Å². The van der Waals surface area contributed by atoms with Crippen molar-refractivity contribution in [2.75, 3.05) is 45.9 Å². The Balaban J connectivity index is 1.23.